The highest BCUT2D eigenvalue weighted by molar-refractivity contribution is 5.91. The van der Waals surface area contributed by atoms with Crippen molar-refractivity contribution >= 4 is 33.7 Å². The monoisotopic (exact) mass is 504 g/mol. The van der Waals surface area contributed by atoms with Crippen molar-refractivity contribution in [3.05, 3.63) is 108 Å². The number of nitriles is 1. The third-order valence-corrected chi connectivity index (χ3v) is 6.13. The van der Waals surface area contributed by atoms with E-state index in [4.69, 9.17) is 19.5 Å². The molecule has 0 fully saturated rings. The summed E-state index contributed by atoms with van der Waals surface area (Å²) in [7, 11) is 1.53. The summed E-state index contributed by atoms with van der Waals surface area (Å²) in [5.74, 6) is 0.0596. The fourth-order valence-corrected chi connectivity index (χ4v) is 4.26. The lowest BCUT2D eigenvalue weighted by Gasteiger charge is -2.13. The van der Waals surface area contributed by atoms with Crippen LogP contribution in [-0.2, 0) is 11.3 Å². The Kier molecular flexibility index (Phi) is 6.96. The number of benzene rings is 4. The molecule has 0 spiro atoms. The molecular weight excluding hydrogens is 480 g/mol. The van der Waals surface area contributed by atoms with Crippen molar-refractivity contribution in [1.29, 1.82) is 5.26 Å². The van der Waals surface area contributed by atoms with E-state index in [1.807, 2.05) is 54.7 Å². The molecule has 38 heavy (non-hydrogen) atoms. The molecule has 0 amide bonds. The number of aliphatic carboxylic acids is 1. The molecule has 188 valence electrons. The summed E-state index contributed by atoms with van der Waals surface area (Å²) in [5, 5.41) is 21.8. The van der Waals surface area contributed by atoms with Crippen LogP contribution >= 0.6 is 0 Å². The van der Waals surface area contributed by atoms with Crippen LogP contribution in [0, 0.1) is 11.3 Å². The van der Waals surface area contributed by atoms with Gasteiger partial charge in [0.2, 0.25) is 5.76 Å². The molecule has 0 unspecified atom stereocenters. The van der Waals surface area contributed by atoms with Crippen molar-refractivity contribution in [3.63, 3.8) is 0 Å². The van der Waals surface area contributed by atoms with E-state index in [0.29, 0.717) is 41.5 Å². The Morgan fingerprint density at radius 2 is 1.79 bits per heavy atom. The van der Waals surface area contributed by atoms with Crippen LogP contribution in [0.5, 0.6) is 17.2 Å². The molecule has 0 aliphatic carbocycles. The lowest BCUT2D eigenvalue weighted by atomic mass is 10.1. The van der Waals surface area contributed by atoms with Gasteiger partial charge in [-0.3, -0.25) is 0 Å². The molecule has 1 aromatic heterocycles. The maximum atomic E-state index is 11.9. The van der Waals surface area contributed by atoms with E-state index in [1.165, 1.54) is 13.2 Å². The maximum absolute atomic E-state index is 11.9. The van der Waals surface area contributed by atoms with Crippen LogP contribution in [0.1, 0.15) is 11.1 Å². The third-order valence-electron chi connectivity index (χ3n) is 6.13. The Morgan fingerprint density at radius 1 is 0.947 bits per heavy atom. The quantitative estimate of drug-likeness (QED) is 0.188. The first kappa shape index (κ1) is 24.5. The zero-order valence-electron chi connectivity index (χ0n) is 20.6. The Bertz CT molecular complexity index is 1710. The molecule has 7 heteroatoms. The van der Waals surface area contributed by atoms with E-state index in [-0.39, 0.29) is 5.76 Å². The van der Waals surface area contributed by atoms with Gasteiger partial charge in [0.05, 0.1) is 25.3 Å². The highest BCUT2D eigenvalue weighted by atomic mass is 16.5. The lowest BCUT2D eigenvalue weighted by Crippen LogP contribution is -2.08. The standard InChI is InChI=1S/C31H24N2O5/c1-36-29-17-21(18-30(31(34)35)38-26-9-8-23-4-2-3-5-24(23)19-26)7-11-28(29)37-15-14-33-13-12-25-16-22(20-32)6-10-27(25)33/h2-13,16-19H,14-15H2,1H3,(H,34,35)/b30-18-. The van der Waals surface area contributed by atoms with Gasteiger partial charge in [0.1, 0.15) is 12.4 Å². The summed E-state index contributed by atoms with van der Waals surface area (Å²) < 4.78 is 19.2. The Hall–Kier alpha value is -5.22. The topological polar surface area (TPSA) is 93.7 Å². The first-order valence-corrected chi connectivity index (χ1v) is 12.0. The molecule has 0 atom stereocenters. The predicted octanol–water partition coefficient (Wildman–Crippen LogP) is 6.26. The van der Waals surface area contributed by atoms with Crippen LogP contribution in [0.3, 0.4) is 0 Å². The average Bonchev–Trinajstić information content (AvgIpc) is 3.35. The van der Waals surface area contributed by atoms with E-state index in [9.17, 15) is 9.90 Å². The van der Waals surface area contributed by atoms with Crippen molar-refractivity contribution < 1.29 is 24.1 Å². The largest absolute Gasteiger partial charge is 0.493 e. The smallest absolute Gasteiger partial charge is 0.371 e. The zero-order valence-corrected chi connectivity index (χ0v) is 20.6. The molecule has 0 saturated carbocycles. The second kappa shape index (κ2) is 10.8. The summed E-state index contributed by atoms with van der Waals surface area (Å²) >= 11 is 0. The van der Waals surface area contributed by atoms with Crippen LogP contribution in [-0.4, -0.2) is 29.4 Å². The summed E-state index contributed by atoms with van der Waals surface area (Å²) in [4.78, 5) is 11.9. The number of rotatable bonds is 9. The summed E-state index contributed by atoms with van der Waals surface area (Å²) in [6.07, 6.45) is 3.41. The number of carboxylic acids is 1. The summed E-state index contributed by atoms with van der Waals surface area (Å²) in [6, 6.07) is 28.1. The summed E-state index contributed by atoms with van der Waals surface area (Å²) in [6.45, 7) is 0.990. The molecule has 0 aliphatic heterocycles. The van der Waals surface area contributed by atoms with E-state index in [2.05, 4.69) is 10.6 Å². The number of fused-ring (bicyclic) bond motifs is 2. The van der Waals surface area contributed by atoms with Gasteiger partial charge in [-0.1, -0.05) is 36.4 Å². The Morgan fingerprint density at radius 3 is 2.58 bits per heavy atom. The number of hydrogen-bond donors (Lipinski definition) is 1. The van der Waals surface area contributed by atoms with Crippen LogP contribution in [0.15, 0.2) is 96.9 Å². The van der Waals surface area contributed by atoms with Gasteiger partial charge in [0.15, 0.2) is 11.5 Å². The molecule has 0 saturated heterocycles. The fourth-order valence-electron chi connectivity index (χ4n) is 4.26. The van der Waals surface area contributed by atoms with Crippen LogP contribution in [0.25, 0.3) is 27.8 Å². The van der Waals surface area contributed by atoms with Crippen molar-refractivity contribution in [2.45, 2.75) is 6.54 Å². The van der Waals surface area contributed by atoms with Crippen LogP contribution < -0.4 is 14.2 Å². The van der Waals surface area contributed by atoms with E-state index >= 15 is 0 Å². The second-order valence-electron chi connectivity index (χ2n) is 8.58. The molecule has 0 radical (unpaired) electrons. The van der Waals surface area contributed by atoms with Crippen molar-refractivity contribution in [1.82, 2.24) is 4.57 Å². The van der Waals surface area contributed by atoms with Gasteiger partial charge in [0.25, 0.3) is 0 Å². The van der Waals surface area contributed by atoms with Gasteiger partial charge < -0.3 is 23.9 Å². The molecule has 7 nitrogen and oxygen atoms in total. The third kappa shape index (κ3) is 5.30. The van der Waals surface area contributed by atoms with E-state index in [0.717, 1.165) is 21.7 Å². The molecule has 0 aliphatic rings. The van der Waals surface area contributed by atoms with E-state index < -0.39 is 5.97 Å². The second-order valence-corrected chi connectivity index (χ2v) is 8.58. The Balaban J connectivity index is 1.30. The Labute approximate surface area is 219 Å². The normalized spacial score (nSPS) is 11.3. The first-order chi connectivity index (χ1) is 18.5. The number of methoxy groups -OCH3 is 1. The van der Waals surface area contributed by atoms with Gasteiger partial charge in [-0.25, -0.2) is 4.79 Å². The lowest BCUT2D eigenvalue weighted by molar-refractivity contribution is -0.134. The first-order valence-electron chi connectivity index (χ1n) is 12.0. The van der Waals surface area contributed by atoms with E-state index in [1.54, 1.807) is 36.4 Å². The number of hydrogen-bond acceptors (Lipinski definition) is 5. The highest BCUT2D eigenvalue weighted by Crippen LogP contribution is 2.30. The average molecular weight is 505 g/mol. The molecule has 1 heterocycles. The van der Waals surface area contributed by atoms with Gasteiger partial charge in [-0.2, -0.15) is 5.26 Å². The molecule has 1 N–H and O–H groups in total. The minimum absolute atomic E-state index is 0.213. The van der Waals surface area contributed by atoms with Gasteiger partial charge in [0, 0.05) is 17.1 Å². The maximum Gasteiger partial charge on any atom is 0.371 e. The minimum Gasteiger partial charge on any atom is -0.493 e. The molecule has 0 bridgehead atoms. The van der Waals surface area contributed by atoms with Gasteiger partial charge >= 0.3 is 5.97 Å². The van der Waals surface area contributed by atoms with Gasteiger partial charge in [-0.05, 0) is 70.9 Å². The van der Waals surface area contributed by atoms with Crippen molar-refractivity contribution in [2.24, 2.45) is 0 Å². The summed E-state index contributed by atoms with van der Waals surface area (Å²) in [5.41, 5.74) is 2.24. The minimum atomic E-state index is -1.18. The molecule has 4 aromatic carbocycles. The zero-order chi connectivity index (χ0) is 26.5. The number of ether oxygens (including phenoxy) is 3. The highest BCUT2D eigenvalue weighted by Gasteiger charge is 2.13. The predicted molar refractivity (Wildman–Crippen MR) is 145 cm³/mol. The van der Waals surface area contributed by atoms with Crippen molar-refractivity contribution in [3.8, 4) is 23.3 Å². The number of nitrogens with zero attached hydrogens (tertiary/aromatic N) is 2. The fraction of sp³-hybridized carbons (Fsp3) is 0.0968. The van der Waals surface area contributed by atoms with Gasteiger partial charge in [-0.15, -0.1) is 0 Å². The molecule has 5 rings (SSSR count). The van der Waals surface area contributed by atoms with Crippen LogP contribution in [0.2, 0.25) is 0 Å². The van der Waals surface area contributed by atoms with Crippen LogP contribution in [0.4, 0.5) is 0 Å². The molecular formula is C31H24N2O5. The van der Waals surface area contributed by atoms with Crippen molar-refractivity contribution in [2.75, 3.05) is 13.7 Å². The number of carboxylic acid groups (broad SMARTS) is 1. The number of carbonyl (C=O) groups is 1. The molecule has 5 aromatic rings. The SMILES string of the molecule is COc1cc(/C=C(\Oc2ccc3ccccc3c2)C(=O)O)ccc1OCCn1ccc2cc(C#N)ccc21. The number of aromatic nitrogens is 1.